The molecule has 5 nitrogen and oxygen atoms in total. The van der Waals surface area contributed by atoms with Gasteiger partial charge in [0.1, 0.15) is 18.4 Å². The maximum Gasteiger partial charge on any atom is 0.137 e. The minimum Gasteiger partial charge on any atom is -0.493 e. The molecular formula is C20H21Cl2N3O2. The number of benzene rings is 2. The van der Waals surface area contributed by atoms with Crippen LogP contribution in [0.4, 0.5) is 0 Å². The first-order valence-corrected chi connectivity index (χ1v) is 9.38. The molecule has 3 aromatic rings. The Morgan fingerprint density at radius 1 is 1.15 bits per heavy atom. The van der Waals surface area contributed by atoms with Gasteiger partial charge in [-0.2, -0.15) is 5.10 Å². The van der Waals surface area contributed by atoms with Gasteiger partial charge in [-0.3, -0.25) is 4.68 Å². The second-order valence-electron chi connectivity index (χ2n) is 6.63. The van der Waals surface area contributed by atoms with Crippen LogP contribution < -0.4 is 4.74 Å². The summed E-state index contributed by atoms with van der Waals surface area (Å²) in [5, 5.41) is 16.9. The Kier molecular flexibility index (Phi) is 6.37. The molecule has 0 aliphatic heterocycles. The Balaban J connectivity index is 1.77. The number of rotatable bonds is 8. The van der Waals surface area contributed by atoms with Crippen molar-refractivity contribution in [1.82, 2.24) is 14.8 Å². The van der Waals surface area contributed by atoms with Crippen LogP contribution in [-0.2, 0) is 13.0 Å². The second kappa shape index (κ2) is 8.74. The molecule has 0 fully saturated rings. The first-order chi connectivity index (χ1) is 13.0. The molecular weight excluding hydrogens is 385 g/mol. The van der Waals surface area contributed by atoms with Crippen molar-refractivity contribution in [3.05, 3.63) is 76.8 Å². The van der Waals surface area contributed by atoms with E-state index < -0.39 is 5.60 Å². The number of ether oxygens (including phenoxy) is 1. The average molecular weight is 406 g/mol. The van der Waals surface area contributed by atoms with Crippen LogP contribution in [0.5, 0.6) is 5.75 Å². The van der Waals surface area contributed by atoms with E-state index in [1.165, 1.54) is 6.33 Å². The lowest BCUT2D eigenvalue weighted by Crippen LogP contribution is -2.45. The van der Waals surface area contributed by atoms with E-state index in [1.54, 1.807) is 35.3 Å². The van der Waals surface area contributed by atoms with Gasteiger partial charge in [0.2, 0.25) is 0 Å². The van der Waals surface area contributed by atoms with Crippen molar-refractivity contribution in [2.75, 3.05) is 6.61 Å². The number of halogens is 2. The van der Waals surface area contributed by atoms with Gasteiger partial charge in [-0.15, -0.1) is 0 Å². The van der Waals surface area contributed by atoms with Gasteiger partial charge in [0, 0.05) is 22.4 Å². The largest absolute Gasteiger partial charge is 0.493 e. The van der Waals surface area contributed by atoms with Gasteiger partial charge >= 0.3 is 0 Å². The van der Waals surface area contributed by atoms with Gasteiger partial charge in [-0.1, -0.05) is 48.3 Å². The molecule has 2 unspecified atom stereocenters. The fourth-order valence-electron chi connectivity index (χ4n) is 2.86. The number of hydrogen-bond donors (Lipinski definition) is 1. The summed E-state index contributed by atoms with van der Waals surface area (Å²) in [6.07, 6.45) is 3.41. The Hall–Kier alpha value is -2.08. The molecule has 0 radical (unpaired) electrons. The predicted molar refractivity (Wildman–Crippen MR) is 106 cm³/mol. The SMILES string of the molecule is CC(COc1ccc(Cl)cc1)C(O)(Cc1ccccc1Cl)Cn1cncn1. The first-order valence-electron chi connectivity index (χ1n) is 8.63. The summed E-state index contributed by atoms with van der Waals surface area (Å²) in [7, 11) is 0. The fraction of sp³-hybridized carbons (Fsp3) is 0.300. The third kappa shape index (κ3) is 5.22. The summed E-state index contributed by atoms with van der Waals surface area (Å²) in [4.78, 5) is 3.96. The van der Waals surface area contributed by atoms with E-state index in [-0.39, 0.29) is 12.5 Å². The van der Waals surface area contributed by atoms with Gasteiger partial charge in [-0.05, 0) is 35.9 Å². The Bertz CT molecular complexity index is 856. The Labute approximate surface area is 168 Å². The van der Waals surface area contributed by atoms with Crippen LogP contribution in [0.25, 0.3) is 0 Å². The van der Waals surface area contributed by atoms with Gasteiger partial charge in [0.25, 0.3) is 0 Å². The first kappa shape index (κ1) is 19.7. The van der Waals surface area contributed by atoms with E-state index in [1.807, 2.05) is 31.2 Å². The molecule has 2 aromatic carbocycles. The third-order valence-corrected chi connectivity index (χ3v) is 5.21. The van der Waals surface area contributed by atoms with Crippen LogP contribution >= 0.6 is 23.2 Å². The molecule has 1 N–H and O–H groups in total. The van der Waals surface area contributed by atoms with E-state index in [9.17, 15) is 5.11 Å². The van der Waals surface area contributed by atoms with Crippen molar-refractivity contribution >= 4 is 23.2 Å². The average Bonchev–Trinajstić information content (AvgIpc) is 3.15. The zero-order valence-corrected chi connectivity index (χ0v) is 16.4. The monoisotopic (exact) mass is 405 g/mol. The molecule has 1 aromatic heterocycles. The third-order valence-electron chi connectivity index (χ3n) is 4.59. The number of nitrogens with zero attached hydrogens (tertiary/aromatic N) is 3. The van der Waals surface area contributed by atoms with Crippen LogP contribution in [0.1, 0.15) is 12.5 Å². The lowest BCUT2D eigenvalue weighted by molar-refractivity contribution is -0.0442. The molecule has 0 amide bonds. The van der Waals surface area contributed by atoms with E-state index in [4.69, 9.17) is 27.9 Å². The molecule has 0 saturated heterocycles. The highest BCUT2D eigenvalue weighted by Gasteiger charge is 2.36. The van der Waals surface area contributed by atoms with Crippen molar-refractivity contribution in [1.29, 1.82) is 0 Å². The zero-order valence-electron chi connectivity index (χ0n) is 14.9. The quantitative estimate of drug-likeness (QED) is 0.607. The van der Waals surface area contributed by atoms with Crippen molar-refractivity contribution in [3.8, 4) is 5.75 Å². The standard InChI is InChI=1S/C20H21Cl2N3O2/c1-15(11-27-18-8-6-17(21)7-9-18)20(26,12-25-14-23-13-24-25)10-16-4-2-3-5-19(16)22/h2-9,13-15,26H,10-12H2,1H3. The number of aromatic nitrogens is 3. The summed E-state index contributed by atoms with van der Waals surface area (Å²) < 4.78 is 7.48. The Morgan fingerprint density at radius 3 is 2.56 bits per heavy atom. The van der Waals surface area contributed by atoms with Crippen molar-refractivity contribution in [2.24, 2.45) is 5.92 Å². The van der Waals surface area contributed by atoms with Gasteiger partial charge in [-0.25, -0.2) is 4.98 Å². The zero-order chi connectivity index (χ0) is 19.3. The van der Waals surface area contributed by atoms with Crippen molar-refractivity contribution in [2.45, 2.75) is 25.5 Å². The molecule has 2 atom stereocenters. The van der Waals surface area contributed by atoms with E-state index >= 15 is 0 Å². The van der Waals surface area contributed by atoms with E-state index in [0.29, 0.717) is 28.8 Å². The highest BCUT2D eigenvalue weighted by atomic mass is 35.5. The van der Waals surface area contributed by atoms with E-state index in [2.05, 4.69) is 10.1 Å². The molecule has 0 aliphatic rings. The topological polar surface area (TPSA) is 60.2 Å². The molecule has 27 heavy (non-hydrogen) atoms. The highest BCUT2D eigenvalue weighted by molar-refractivity contribution is 6.31. The smallest absolute Gasteiger partial charge is 0.137 e. The molecule has 7 heteroatoms. The summed E-state index contributed by atoms with van der Waals surface area (Å²) in [6.45, 7) is 2.56. The molecule has 1 heterocycles. The lowest BCUT2D eigenvalue weighted by Gasteiger charge is -2.34. The lowest BCUT2D eigenvalue weighted by atomic mass is 9.83. The minimum atomic E-state index is -1.12. The maximum atomic E-state index is 11.5. The predicted octanol–water partition coefficient (Wildman–Crippen LogP) is 4.27. The molecule has 0 bridgehead atoms. The van der Waals surface area contributed by atoms with Crippen LogP contribution in [0.15, 0.2) is 61.2 Å². The molecule has 142 valence electrons. The van der Waals surface area contributed by atoms with Crippen LogP contribution in [0, 0.1) is 5.92 Å². The van der Waals surface area contributed by atoms with Crippen molar-refractivity contribution < 1.29 is 9.84 Å². The summed E-state index contributed by atoms with van der Waals surface area (Å²) >= 11 is 12.2. The van der Waals surface area contributed by atoms with Gasteiger partial charge in [0.05, 0.1) is 18.8 Å². The molecule has 0 spiro atoms. The molecule has 3 rings (SSSR count). The number of hydrogen-bond acceptors (Lipinski definition) is 4. The second-order valence-corrected chi connectivity index (χ2v) is 7.47. The Morgan fingerprint density at radius 2 is 1.89 bits per heavy atom. The van der Waals surface area contributed by atoms with Crippen LogP contribution in [-0.4, -0.2) is 32.1 Å². The summed E-state index contributed by atoms with van der Waals surface area (Å²) in [5.41, 5.74) is -0.245. The normalized spacial score (nSPS) is 14.5. The molecule has 0 saturated carbocycles. The highest BCUT2D eigenvalue weighted by Crippen LogP contribution is 2.29. The summed E-state index contributed by atoms with van der Waals surface area (Å²) in [5.74, 6) is 0.501. The fourth-order valence-corrected chi connectivity index (χ4v) is 3.19. The molecule has 0 aliphatic carbocycles. The van der Waals surface area contributed by atoms with Crippen LogP contribution in [0.2, 0.25) is 10.0 Å². The van der Waals surface area contributed by atoms with Crippen LogP contribution in [0.3, 0.4) is 0 Å². The maximum absolute atomic E-state index is 11.5. The van der Waals surface area contributed by atoms with E-state index in [0.717, 1.165) is 5.56 Å². The number of aliphatic hydroxyl groups is 1. The van der Waals surface area contributed by atoms with Gasteiger partial charge < -0.3 is 9.84 Å². The summed E-state index contributed by atoms with van der Waals surface area (Å²) in [6, 6.07) is 14.7. The van der Waals surface area contributed by atoms with Gasteiger partial charge in [0.15, 0.2) is 0 Å². The minimum absolute atomic E-state index is 0.200. The van der Waals surface area contributed by atoms with Crippen molar-refractivity contribution in [3.63, 3.8) is 0 Å².